The first-order chi connectivity index (χ1) is 12.9. The Bertz CT molecular complexity index is 671. The molecule has 0 amide bonds. The summed E-state index contributed by atoms with van der Waals surface area (Å²) in [6, 6.07) is 11.5. The average molecular weight is 355 g/mol. The summed E-state index contributed by atoms with van der Waals surface area (Å²) in [6.45, 7) is 6.50. The molecule has 140 valence electrons. The first kappa shape index (κ1) is 17.5. The van der Waals surface area contributed by atoms with Crippen LogP contribution in [0.15, 0.2) is 30.3 Å². The molecule has 1 atom stereocenters. The smallest absolute Gasteiger partial charge is 0.168 e. The summed E-state index contributed by atoms with van der Waals surface area (Å²) in [5.41, 5.74) is 1.33. The topological polar surface area (TPSA) is 50.1 Å². The normalized spacial score (nSPS) is 21.0. The van der Waals surface area contributed by atoms with Gasteiger partial charge in [-0.05, 0) is 41.8 Å². The molecule has 0 bridgehead atoms. The molecule has 0 unspecified atom stereocenters. The summed E-state index contributed by atoms with van der Waals surface area (Å²) in [4.78, 5) is 5.05. The van der Waals surface area contributed by atoms with Gasteiger partial charge in [0.25, 0.3) is 0 Å². The van der Waals surface area contributed by atoms with Gasteiger partial charge in [0.15, 0.2) is 5.82 Å². The van der Waals surface area contributed by atoms with Gasteiger partial charge in [-0.15, -0.1) is 5.10 Å². The molecular weight excluding hydrogens is 324 g/mol. The molecule has 0 N–H and O–H groups in total. The summed E-state index contributed by atoms with van der Waals surface area (Å²) in [6.07, 6.45) is 7.45. The predicted octanol–water partition coefficient (Wildman–Crippen LogP) is 3.45. The van der Waals surface area contributed by atoms with Crippen LogP contribution in [0.2, 0.25) is 0 Å². The van der Waals surface area contributed by atoms with Crippen molar-refractivity contribution in [1.82, 2.24) is 25.1 Å². The number of aromatic nitrogens is 4. The lowest BCUT2D eigenvalue weighted by molar-refractivity contribution is 0.163. The summed E-state index contributed by atoms with van der Waals surface area (Å²) in [7, 11) is 0. The maximum absolute atomic E-state index is 4.46. The van der Waals surface area contributed by atoms with E-state index in [0.717, 1.165) is 38.4 Å². The minimum atomic E-state index is 0.324. The highest BCUT2D eigenvalue weighted by atomic mass is 15.6. The van der Waals surface area contributed by atoms with E-state index >= 15 is 0 Å². The van der Waals surface area contributed by atoms with Crippen molar-refractivity contribution in [1.29, 1.82) is 0 Å². The Morgan fingerprint density at radius 3 is 2.42 bits per heavy atom. The SMILES string of the molecule is CC[C@H](c1nnnn1C1CCCCC1)N1CCN(c2ccccc2)CC1. The molecule has 1 aromatic carbocycles. The maximum atomic E-state index is 4.46. The summed E-state index contributed by atoms with van der Waals surface area (Å²) in [5.74, 6) is 1.08. The van der Waals surface area contributed by atoms with Crippen LogP contribution in [0, 0.1) is 0 Å². The quantitative estimate of drug-likeness (QED) is 0.823. The Balaban J connectivity index is 1.45. The molecule has 2 aromatic rings. The molecule has 1 saturated heterocycles. The predicted molar refractivity (Wildman–Crippen MR) is 103 cm³/mol. The van der Waals surface area contributed by atoms with Crippen molar-refractivity contribution >= 4 is 5.69 Å². The van der Waals surface area contributed by atoms with Crippen LogP contribution in [0.3, 0.4) is 0 Å². The highest BCUT2D eigenvalue weighted by Crippen LogP contribution is 2.32. The maximum Gasteiger partial charge on any atom is 0.168 e. The Morgan fingerprint density at radius 2 is 1.73 bits per heavy atom. The number of para-hydroxylation sites is 1. The van der Waals surface area contributed by atoms with Crippen LogP contribution in [-0.4, -0.2) is 51.3 Å². The van der Waals surface area contributed by atoms with E-state index in [-0.39, 0.29) is 0 Å². The van der Waals surface area contributed by atoms with Crippen molar-refractivity contribution in [2.45, 2.75) is 57.5 Å². The highest BCUT2D eigenvalue weighted by Gasteiger charge is 2.30. The van der Waals surface area contributed by atoms with Crippen molar-refractivity contribution in [3.05, 3.63) is 36.2 Å². The molecule has 1 aromatic heterocycles. The molecule has 6 nitrogen and oxygen atoms in total. The van der Waals surface area contributed by atoms with Crippen molar-refractivity contribution in [3.63, 3.8) is 0 Å². The third-order valence-electron chi connectivity index (χ3n) is 6.00. The lowest BCUT2D eigenvalue weighted by Gasteiger charge is -2.39. The molecule has 1 saturated carbocycles. The van der Waals surface area contributed by atoms with Crippen molar-refractivity contribution in [2.24, 2.45) is 0 Å². The Morgan fingerprint density at radius 1 is 1.00 bits per heavy atom. The number of anilines is 1. The van der Waals surface area contributed by atoms with Gasteiger partial charge in [0, 0.05) is 31.9 Å². The van der Waals surface area contributed by atoms with Crippen molar-refractivity contribution in [2.75, 3.05) is 31.1 Å². The van der Waals surface area contributed by atoms with E-state index < -0.39 is 0 Å². The van der Waals surface area contributed by atoms with E-state index in [0.29, 0.717) is 12.1 Å². The zero-order valence-electron chi connectivity index (χ0n) is 15.8. The van der Waals surface area contributed by atoms with Gasteiger partial charge in [-0.1, -0.05) is 44.4 Å². The summed E-state index contributed by atoms with van der Waals surface area (Å²) in [5, 5.41) is 12.9. The minimum absolute atomic E-state index is 0.324. The van der Waals surface area contributed by atoms with Gasteiger partial charge in [0.05, 0.1) is 12.1 Å². The Hall–Kier alpha value is -1.95. The molecule has 0 spiro atoms. The van der Waals surface area contributed by atoms with Gasteiger partial charge >= 0.3 is 0 Å². The first-order valence-corrected chi connectivity index (χ1v) is 10.2. The Kier molecular flexibility index (Phi) is 5.48. The molecule has 0 radical (unpaired) electrons. The number of hydrogen-bond donors (Lipinski definition) is 0. The van der Waals surface area contributed by atoms with Crippen LogP contribution in [0.5, 0.6) is 0 Å². The molecule has 1 aliphatic carbocycles. The van der Waals surface area contributed by atoms with Crippen LogP contribution >= 0.6 is 0 Å². The molecular formula is C20H30N6. The molecule has 2 heterocycles. The van der Waals surface area contributed by atoms with Gasteiger partial charge in [0.1, 0.15) is 0 Å². The Labute approximate surface area is 156 Å². The van der Waals surface area contributed by atoms with E-state index in [9.17, 15) is 0 Å². The average Bonchev–Trinajstić information content (AvgIpc) is 3.20. The molecule has 6 heteroatoms. The third-order valence-corrected chi connectivity index (χ3v) is 6.00. The molecule has 2 aliphatic rings. The highest BCUT2D eigenvalue weighted by molar-refractivity contribution is 5.46. The van der Waals surface area contributed by atoms with E-state index in [2.05, 4.69) is 67.3 Å². The van der Waals surface area contributed by atoms with E-state index in [1.807, 2.05) is 0 Å². The van der Waals surface area contributed by atoms with Gasteiger partial charge < -0.3 is 4.90 Å². The van der Waals surface area contributed by atoms with Gasteiger partial charge in [-0.2, -0.15) is 0 Å². The molecule has 2 fully saturated rings. The zero-order valence-corrected chi connectivity index (χ0v) is 15.8. The van der Waals surface area contributed by atoms with Crippen molar-refractivity contribution < 1.29 is 0 Å². The largest absolute Gasteiger partial charge is 0.369 e. The van der Waals surface area contributed by atoms with Crippen LogP contribution in [0.1, 0.15) is 63.4 Å². The standard InChI is InChI=1S/C20H30N6/c1-2-19(20-21-22-23-26(20)18-11-7-4-8-12-18)25-15-13-24(14-16-25)17-9-5-3-6-10-17/h3,5-6,9-10,18-19H,2,4,7-8,11-16H2,1H3/t19-/m1/s1. The second kappa shape index (κ2) is 8.16. The van der Waals surface area contributed by atoms with Crippen LogP contribution < -0.4 is 4.90 Å². The second-order valence-corrected chi connectivity index (χ2v) is 7.56. The van der Waals surface area contributed by atoms with E-state index in [1.165, 1.54) is 37.8 Å². The van der Waals surface area contributed by atoms with E-state index in [4.69, 9.17) is 0 Å². The fourth-order valence-corrected chi connectivity index (χ4v) is 4.54. The lowest BCUT2D eigenvalue weighted by atomic mass is 9.95. The minimum Gasteiger partial charge on any atom is -0.369 e. The lowest BCUT2D eigenvalue weighted by Crippen LogP contribution is -2.48. The fraction of sp³-hybridized carbons (Fsp3) is 0.650. The fourth-order valence-electron chi connectivity index (χ4n) is 4.54. The molecule has 26 heavy (non-hydrogen) atoms. The monoisotopic (exact) mass is 354 g/mol. The van der Waals surface area contributed by atoms with Gasteiger partial charge in [0.2, 0.25) is 0 Å². The molecule has 1 aliphatic heterocycles. The number of benzene rings is 1. The third kappa shape index (κ3) is 3.61. The number of hydrogen-bond acceptors (Lipinski definition) is 5. The number of rotatable bonds is 5. The number of nitrogens with zero attached hydrogens (tertiary/aromatic N) is 6. The summed E-state index contributed by atoms with van der Waals surface area (Å²) < 4.78 is 2.15. The number of tetrazole rings is 1. The zero-order chi connectivity index (χ0) is 17.8. The van der Waals surface area contributed by atoms with Gasteiger partial charge in [-0.3, -0.25) is 4.90 Å². The van der Waals surface area contributed by atoms with Crippen LogP contribution in [0.25, 0.3) is 0 Å². The van der Waals surface area contributed by atoms with Crippen LogP contribution in [-0.2, 0) is 0 Å². The number of piperazine rings is 1. The van der Waals surface area contributed by atoms with Crippen molar-refractivity contribution in [3.8, 4) is 0 Å². The van der Waals surface area contributed by atoms with Gasteiger partial charge in [-0.25, -0.2) is 4.68 Å². The molecule has 4 rings (SSSR count). The second-order valence-electron chi connectivity index (χ2n) is 7.56. The van der Waals surface area contributed by atoms with Crippen LogP contribution in [0.4, 0.5) is 5.69 Å². The first-order valence-electron chi connectivity index (χ1n) is 10.2. The van der Waals surface area contributed by atoms with E-state index in [1.54, 1.807) is 0 Å². The summed E-state index contributed by atoms with van der Waals surface area (Å²) >= 11 is 0.